The average Bonchev–Trinajstić information content (AvgIpc) is 3.76. The van der Waals surface area contributed by atoms with Crippen LogP contribution in [0.25, 0.3) is 84.3 Å². The van der Waals surface area contributed by atoms with E-state index in [-0.39, 0.29) is 11.4 Å². The summed E-state index contributed by atoms with van der Waals surface area (Å²) in [5, 5.41) is 3.43. The summed E-state index contributed by atoms with van der Waals surface area (Å²) in [7, 11) is 0. The molecule has 0 fully saturated rings. The molecular weight excluding hydrogens is 704 g/mol. The van der Waals surface area contributed by atoms with E-state index >= 15 is 13.2 Å². The van der Waals surface area contributed by atoms with E-state index in [0.717, 1.165) is 74.8 Å². The van der Waals surface area contributed by atoms with Crippen molar-refractivity contribution in [3.8, 4) is 45.5 Å². The van der Waals surface area contributed by atoms with Gasteiger partial charge in [0.05, 0.1) is 22.1 Å². The fourth-order valence-electron chi connectivity index (χ4n) is 8.91. The zero-order valence-electron chi connectivity index (χ0n) is 30.1. The van der Waals surface area contributed by atoms with Gasteiger partial charge in [-0.3, -0.25) is 0 Å². The molecule has 2 aliphatic carbocycles. The summed E-state index contributed by atoms with van der Waals surface area (Å²) in [6.07, 6.45) is 2.80. The highest BCUT2D eigenvalue weighted by molar-refractivity contribution is 6.19. The molecule has 0 atom stereocenters. The lowest BCUT2D eigenvalue weighted by Crippen LogP contribution is -2.10. The highest BCUT2D eigenvalue weighted by Gasteiger charge is 2.34. The number of rotatable bonds is 5. The first-order valence-corrected chi connectivity index (χ1v) is 18.9. The van der Waals surface area contributed by atoms with Crippen LogP contribution in [-0.2, 0) is 25.4 Å². The predicted molar refractivity (Wildman–Crippen MR) is 217 cm³/mol. The predicted octanol–water partition coefficient (Wildman–Crippen LogP) is 12.0. The smallest absolute Gasteiger partial charge is 0.313 e. The van der Waals surface area contributed by atoms with E-state index in [4.69, 9.17) is 15.0 Å². The number of allylic oxidation sites excluding steroid dienone is 1. The van der Waals surface area contributed by atoms with Crippen molar-refractivity contribution in [2.24, 2.45) is 0 Å². The van der Waals surface area contributed by atoms with E-state index in [1.54, 1.807) is 0 Å². The van der Waals surface area contributed by atoms with Crippen molar-refractivity contribution < 1.29 is 13.2 Å². The van der Waals surface area contributed by atoms with Crippen LogP contribution in [0.5, 0.6) is 0 Å². The minimum Gasteiger partial charge on any atom is -0.313 e. The number of para-hydroxylation sites is 1. The summed E-state index contributed by atoms with van der Waals surface area (Å²) >= 11 is 0. The number of hydrogen-bond acceptors (Lipinski definition) is 3. The third-order valence-corrected chi connectivity index (χ3v) is 11.3. The Balaban J connectivity index is 1.22. The van der Waals surface area contributed by atoms with Gasteiger partial charge in [0.1, 0.15) is 0 Å². The van der Waals surface area contributed by atoms with Gasteiger partial charge in [0.2, 0.25) is 0 Å². The van der Waals surface area contributed by atoms with Gasteiger partial charge in [-0.1, -0.05) is 103 Å². The SMILES string of the molecule is FC(F)(F)c1cc(-c2nc(-c3ccccc3)nc(-c3ccccc3)n2)cc(-n2c3c(c4cc5c6c(c42)CCc2cccc(c26)n5-c2ccccc2)C=CCC3)c1. The summed E-state index contributed by atoms with van der Waals surface area (Å²) in [6, 6.07) is 42.4. The second kappa shape index (κ2) is 12.4. The van der Waals surface area contributed by atoms with Gasteiger partial charge in [0.15, 0.2) is 17.5 Å². The van der Waals surface area contributed by atoms with Gasteiger partial charge in [-0.05, 0) is 79.3 Å². The highest BCUT2D eigenvalue weighted by atomic mass is 19.4. The van der Waals surface area contributed by atoms with Gasteiger partial charge >= 0.3 is 6.18 Å². The molecule has 0 saturated heterocycles. The number of aromatic nitrogens is 5. The minimum atomic E-state index is -4.62. The maximum absolute atomic E-state index is 15.1. The molecule has 9 aromatic rings. The zero-order valence-corrected chi connectivity index (χ0v) is 30.1. The Hall–Kier alpha value is -6.80. The molecule has 5 nitrogen and oxygen atoms in total. The molecule has 11 rings (SSSR count). The third kappa shape index (κ3) is 5.05. The van der Waals surface area contributed by atoms with Gasteiger partial charge in [0, 0.05) is 55.5 Å². The van der Waals surface area contributed by atoms with E-state index in [9.17, 15) is 0 Å². The van der Waals surface area contributed by atoms with Crippen molar-refractivity contribution in [2.45, 2.75) is 31.9 Å². The lowest BCUT2D eigenvalue weighted by Gasteiger charge is -2.20. The van der Waals surface area contributed by atoms with E-state index in [1.165, 1.54) is 28.5 Å². The second-order valence-corrected chi connectivity index (χ2v) is 14.6. The molecule has 0 saturated carbocycles. The Morgan fingerprint density at radius 2 is 1.20 bits per heavy atom. The molecule has 6 aromatic carbocycles. The summed E-state index contributed by atoms with van der Waals surface area (Å²) in [5.74, 6) is 0.953. The van der Waals surface area contributed by atoms with Crippen LogP contribution in [0.3, 0.4) is 0 Å². The van der Waals surface area contributed by atoms with Gasteiger partial charge in [0.25, 0.3) is 0 Å². The van der Waals surface area contributed by atoms with Crippen molar-refractivity contribution in [3.63, 3.8) is 0 Å². The van der Waals surface area contributed by atoms with Crippen LogP contribution < -0.4 is 0 Å². The lowest BCUT2D eigenvalue weighted by molar-refractivity contribution is -0.137. The number of benzene rings is 6. The molecule has 0 bridgehead atoms. The van der Waals surface area contributed by atoms with E-state index < -0.39 is 11.7 Å². The molecular formula is C48H32F3N5. The summed E-state index contributed by atoms with van der Waals surface area (Å²) in [6.45, 7) is 0. The molecule has 0 aliphatic heterocycles. The number of hydrogen-bond donors (Lipinski definition) is 0. The van der Waals surface area contributed by atoms with Crippen LogP contribution in [-0.4, -0.2) is 24.1 Å². The molecule has 3 heterocycles. The van der Waals surface area contributed by atoms with Crippen molar-refractivity contribution in [2.75, 3.05) is 0 Å². The molecule has 0 spiro atoms. The quantitative estimate of drug-likeness (QED) is 0.177. The Labute approximate surface area is 320 Å². The average molecular weight is 736 g/mol. The monoisotopic (exact) mass is 735 g/mol. The van der Waals surface area contributed by atoms with Gasteiger partial charge in [-0.25, -0.2) is 15.0 Å². The lowest BCUT2D eigenvalue weighted by atomic mass is 9.89. The topological polar surface area (TPSA) is 48.5 Å². The number of alkyl halides is 3. The van der Waals surface area contributed by atoms with Crippen molar-refractivity contribution in [1.29, 1.82) is 0 Å². The summed E-state index contributed by atoms with van der Waals surface area (Å²) < 4.78 is 49.7. The van der Waals surface area contributed by atoms with E-state index in [1.807, 2.05) is 72.8 Å². The summed E-state index contributed by atoms with van der Waals surface area (Å²) in [5.41, 5.74) is 10.2. The Kier molecular flexibility index (Phi) is 7.20. The van der Waals surface area contributed by atoms with Crippen molar-refractivity contribution in [3.05, 3.63) is 167 Å². The first kappa shape index (κ1) is 32.6. The Morgan fingerprint density at radius 3 is 1.88 bits per heavy atom. The minimum absolute atomic E-state index is 0.176. The molecule has 0 amide bonds. The van der Waals surface area contributed by atoms with Gasteiger partial charge < -0.3 is 9.13 Å². The summed E-state index contributed by atoms with van der Waals surface area (Å²) in [4.78, 5) is 14.4. The Bertz CT molecular complexity index is 2990. The molecule has 8 heteroatoms. The number of aryl methyl sites for hydroxylation is 2. The van der Waals surface area contributed by atoms with Crippen LogP contribution in [0, 0.1) is 0 Å². The molecule has 2 aliphatic rings. The standard InChI is InChI=1S/C48H32F3N5/c49-48(50,51)33-25-32(47-53-45(30-13-4-1-5-14-30)52-46(54-47)31-15-6-2-7-16-31)26-35(27-33)56-39-21-11-10-20-36(39)38-28-41-43-37(44(38)56)24-23-29-17-12-22-40(42(29)43)55(41)34-18-8-3-9-19-34/h1-10,12-20,22,25-28H,11,21,23-24H2. The van der Waals surface area contributed by atoms with Gasteiger partial charge in [-0.2, -0.15) is 13.2 Å². The highest BCUT2D eigenvalue weighted by Crippen LogP contribution is 2.47. The molecule has 0 N–H and O–H groups in total. The van der Waals surface area contributed by atoms with E-state index in [0.29, 0.717) is 23.8 Å². The second-order valence-electron chi connectivity index (χ2n) is 14.6. The van der Waals surface area contributed by atoms with E-state index in [2.05, 4.69) is 69.8 Å². The van der Waals surface area contributed by atoms with Crippen molar-refractivity contribution in [1.82, 2.24) is 24.1 Å². The fourth-order valence-corrected chi connectivity index (χ4v) is 8.91. The van der Waals surface area contributed by atoms with Crippen LogP contribution >= 0.6 is 0 Å². The fraction of sp³-hybridized carbons (Fsp3) is 0.104. The molecule has 0 unspecified atom stereocenters. The first-order valence-electron chi connectivity index (χ1n) is 18.9. The van der Waals surface area contributed by atoms with Crippen LogP contribution in [0.1, 0.15) is 34.4 Å². The maximum atomic E-state index is 15.1. The van der Waals surface area contributed by atoms with Gasteiger partial charge in [-0.15, -0.1) is 0 Å². The number of halogens is 3. The molecule has 3 aromatic heterocycles. The zero-order chi connectivity index (χ0) is 37.5. The Morgan fingerprint density at radius 1 is 0.536 bits per heavy atom. The normalized spacial score (nSPS) is 13.6. The molecule has 0 radical (unpaired) electrons. The maximum Gasteiger partial charge on any atom is 0.416 e. The number of fused-ring (bicyclic) bond motifs is 4. The number of nitrogens with zero attached hydrogens (tertiary/aromatic N) is 5. The third-order valence-electron chi connectivity index (χ3n) is 11.3. The largest absolute Gasteiger partial charge is 0.416 e. The van der Waals surface area contributed by atoms with Crippen molar-refractivity contribution >= 4 is 38.8 Å². The molecule has 56 heavy (non-hydrogen) atoms. The molecule has 270 valence electrons. The van der Waals surface area contributed by atoms with Crippen LogP contribution in [0.4, 0.5) is 13.2 Å². The van der Waals surface area contributed by atoms with Crippen LogP contribution in [0.15, 0.2) is 140 Å². The van der Waals surface area contributed by atoms with Crippen LogP contribution in [0.2, 0.25) is 0 Å². The first-order chi connectivity index (χ1) is 27.4.